The summed E-state index contributed by atoms with van der Waals surface area (Å²) in [7, 11) is 0. The second kappa shape index (κ2) is 6.51. The van der Waals surface area contributed by atoms with Crippen LogP contribution >= 0.6 is 23.5 Å². The third kappa shape index (κ3) is 5.67. The van der Waals surface area contributed by atoms with Crippen molar-refractivity contribution in [2.24, 2.45) is 0 Å². The lowest BCUT2D eigenvalue weighted by molar-refractivity contribution is -0.134. The van der Waals surface area contributed by atoms with Crippen molar-refractivity contribution in [3.8, 4) is 5.75 Å². The van der Waals surface area contributed by atoms with E-state index in [1.54, 1.807) is 18.2 Å². The normalized spacial score (nSPS) is 8.57. The number of aryl methyl sites for hydroxylation is 1. The number of carboxylic acid groups (broad SMARTS) is 1. The van der Waals surface area contributed by atoms with Gasteiger partial charge in [0, 0.05) is 11.9 Å². The third-order valence-corrected chi connectivity index (χ3v) is 1.62. The van der Waals surface area contributed by atoms with Gasteiger partial charge in [0.1, 0.15) is 17.6 Å². The van der Waals surface area contributed by atoms with E-state index < -0.39 is 5.97 Å². The molecular formula is C9H10Cl2O3. The summed E-state index contributed by atoms with van der Waals surface area (Å²) in [4.78, 5) is 9.00. The highest BCUT2D eigenvalue weighted by molar-refractivity contribution is 6.30. The quantitative estimate of drug-likeness (QED) is 0.815. The van der Waals surface area contributed by atoms with Crippen LogP contribution in [0.5, 0.6) is 5.75 Å². The van der Waals surface area contributed by atoms with Crippen molar-refractivity contribution in [3.63, 3.8) is 0 Å². The fraction of sp³-hybridized carbons (Fsp3) is 0.222. The summed E-state index contributed by atoms with van der Waals surface area (Å²) in [6.45, 7) is 2.96. The maximum atomic E-state index is 9.00. The van der Waals surface area contributed by atoms with E-state index >= 15 is 0 Å². The molecule has 5 heteroatoms. The lowest BCUT2D eigenvalue weighted by Gasteiger charge is -1.99. The molecule has 0 saturated carbocycles. The van der Waals surface area contributed by atoms with Crippen LogP contribution in [0.1, 0.15) is 12.5 Å². The van der Waals surface area contributed by atoms with E-state index in [-0.39, 0.29) is 0 Å². The van der Waals surface area contributed by atoms with Crippen molar-refractivity contribution in [3.05, 3.63) is 28.8 Å². The Morgan fingerprint density at radius 2 is 2.00 bits per heavy atom. The summed E-state index contributed by atoms with van der Waals surface area (Å²) in [6.07, 6.45) is 0. The molecule has 0 fully saturated rings. The van der Waals surface area contributed by atoms with Gasteiger partial charge in [0.25, 0.3) is 5.97 Å². The van der Waals surface area contributed by atoms with E-state index in [9.17, 15) is 0 Å². The van der Waals surface area contributed by atoms with Gasteiger partial charge in [-0.05, 0) is 30.7 Å². The van der Waals surface area contributed by atoms with E-state index in [0.29, 0.717) is 10.8 Å². The Morgan fingerprint density at radius 1 is 1.50 bits per heavy atom. The molecule has 0 atom stereocenters. The molecule has 0 spiro atoms. The fourth-order valence-electron chi connectivity index (χ4n) is 0.699. The molecule has 1 aromatic carbocycles. The van der Waals surface area contributed by atoms with Crippen LogP contribution in [0, 0.1) is 6.92 Å². The van der Waals surface area contributed by atoms with E-state index in [1.165, 1.54) is 0 Å². The van der Waals surface area contributed by atoms with Gasteiger partial charge in [0.05, 0.1) is 0 Å². The maximum absolute atomic E-state index is 9.00. The van der Waals surface area contributed by atoms with Gasteiger partial charge < -0.3 is 9.40 Å². The highest BCUT2D eigenvalue weighted by Gasteiger charge is 1.97. The molecule has 0 saturated heterocycles. The molecular weight excluding hydrogens is 227 g/mol. The Bertz CT molecular complexity index is 309. The predicted octanol–water partition coefficient (Wildman–Crippen LogP) is 3.27. The summed E-state index contributed by atoms with van der Waals surface area (Å²) >= 11 is 10.8. The Labute approximate surface area is 92.4 Å². The van der Waals surface area contributed by atoms with Crippen LogP contribution in [0.3, 0.4) is 0 Å². The number of halogens is 2. The van der Waals surface area contributed by atoms with Crippen LogP contribution < -0.4 is 4.29 Å². The Hall–Kier alpha value is -0.930. The van der Waals surface area contributed by atoms with Crippen LogP contribution in [0.2, 0.25) is 5.02 Å². The second-order valence-electron chi connectivity index (χ2n) is 2.51. The minimum atomic E-state index is -0.833. The predicted molar refractivity (Wildman–Crippen MR) is 56.0 cm³/mol. The summed E-state index contributed by atoms with van der Waals surface area (Å²) in [5.74, 6) is -0.189. The van der Waals surface area contributed by atoms with Crippen molar-refractivity contribution < 1.29 is 14.2 Å². The van der Waals surface area contributed by atoms with E-state index in [4.69, 9.17) is 33.4 Å². The van der Waals surface area contributed by atoms with Gasteiger partial charge in [-0.3, -0.25) is 4.79 Å². The molecule has 1 rings (SSSR count). The lowest BCUT2D eigenvalue weighted by Crippen LogP contribution is -1.79. The van der Waals surface area contributed by atoms with Crippen LogP contribution in [-0.4, -0.2) is 11.1 Å². The van der Waals surface area contributed by atoms with Crippen LogP contribution in [0.25, 0.3) is 0 Å². The Morgan fingerprint density at radius 3 is 2.36 bits per heavy atom. The molecule has 0 heterocycles. The van der Waals surface area contributed by atoms with Gasteiger partial charge in [0.2, 0.25) is 0 Å². The third-order valence-electron chi connectivity index (χ3n) is 1.22. The van der Waals surface area contributed by atoms with Gasteiger partial charge in [-0.2, -0.15) is 0 Å². The molecule has 0 aliphatic heterocycles. The first-order chi connectivity index (χ1) is 6.47. The molecule has 78 valence electrons. The number of aliphatic carboxylic acids is 1. The van der Waals surface area contributed by atoms with Gasteiger partial charge in [-0.15, -0.1) is 0 Å². The minimum Gasteiger partial charge on any atom is -0.481 e. The number of hydrogen-bond acceptors (Lipinski definition) is 2. The molecule has 0 bridgehead atoms. The van der Waals surface area contributed by atoms with Gasteiger partial charge in [-0.1, -0.05) is 11.6 Å². The minimum absolute atomic E-state index is 0.645. The second-order valence-corrected chi connectivity index (χ2v) is 3.10. The number of hydrogen-bond donors (Lipinski definition) is 1. The highest BCUT2D eigenvalue weighted by atomic mass is 35.5. The van der Waals surface area contributed by atoms with Crippen molar-refractivity contribution >= 4 is 29.4 Å². The highest BCUT2D eigenvalue weighted by Crippen LogP contribution is 2.22. The van der Waals surface area contributed by atoms with Crippen molar-refractivity contribution in [2.75, 3.05) is 0 Å². The SMILES string of the molecule is CC(=O)O.Cc1cc(Cl)ccc1OCl. The number of rotatable bonds is 1. The first kappa shape index (κ1) is 13.1. The molecule has 0 aromatic heterocycles. The monoisotopic (exact) mass is 236 g/mol. The number of carbonyl (C=O) groups is 1. The topological polar surface area (TPSA) is 46.5 Å². The molecule has 0 radical (unpaired) electrons. The molecule has 0 aliphatic rings. The summed E-state index contributed by atoms with van der Waals surface area (Å²) < 4.78 is 4.51. The van der Waals surface area contributed by atoms with Gasteiger partial charge in [-0.25, -0.2) is 0 Å². The van der Waals surface area contributed by atoms with Crippen molar-refractivity contribution in [1.82, 2.24) is 0 Å². The van der Waals surface area contributed by atoms with E-state index in [1.807, 2.05) is 6.92 Å². The van der Waals surface area contributed by atoms with Crippen LogP contribution in [0.15, 0.2) is 18.2 Å². The molecule has 1 N–H and O–H groups in total. The molecule has 3 nitrogen and oxygen atoms in total. The van der Waals surface area contributed by atoms with E-state index in [0.717, 1.165) is 12.5 Å². The first-order valence-corrected chi connectivity index (χ1v) is 4.40. The van der Waals surface area contributed by atoms with Crippen molar-refractivity contribution in [1.29, 1.82) is 0 Å². The van der Waals surface area contributed by atoms with Gasteiger partial charge in [0.15, 0.2) is 0 Å². The molecule has 0 aliphatic carbocycles. The average Bonchev–Trinajstić information content (AvgIpc) is 2.03. The summed E-state index contributed by atoms with van der Waals surface area (Å²) in [5.41, 5.74) is 0.933. The Balaban J connectivity index is 0.000000364. The van der Waals surface area contributed by atoms with Crippen LogP contribution in [0.4, 0.5) is 0 Å². The molecule has 0 unspecified atom stereocenters. The summed E-state index contributed by atoms with van der Waals surface area (Å²) in [5, 5.41) is 8.11. The zero-order valence-electron chi connectivity index (χ0n) is 7.75. The molecule has 0 amide bonds. The first-order valence-electron chi connectivity index (χ1n) is 3.71. The smallest absolute Gasteiger partial charge is 0.300 e. The lowest BCUT2D eigenvalue weighted by atomic mass is 10.2. The maximum Gasteiger partial charge on any atom is 0.300 e. The Kier molecular flexibility index (Phi) is 6.08. The summed E-state index contributed by atoms with van der Waals surface area (Å²) in [6, 6.07) is 5.25. The largest absolute Gasteiger partial charge is 0.481 e. The zero-order chi connectivity index (χ0) is 11.1. The number of benzene rings is 1. The molecule has 1 aromatic rings. The zero-order valence-corrected chi connectivity index (χ0v) is 9.26. The fourth-order valence-corrected chi connectivity index (χ4v) is 1.10. The van der Waals surface area contributed by atoms with Crippen LogP contribution in [-0.2, 0) is 4.79 Å². The van der Waals surface area contributed by atoms with E-state index in [2.05, 4.69) is 4.29 Å². The standard InChI is InChI=1S/C7H6Cl2O.C2H4O2/c1-5-4-6(8)2-3-7(5)10-9;1-2(3)4/h2-4H,1H3;1H3,(H,3,4). The van der Waals surface area contributed by atoms with Gasteiger partial charge >= 0.3 is 0 Å². The van der Waals surface area contributed by atoms with Crippen molar-refractivity contribution in [2.45, 2.75) is 13.8 Å². The number of carboxylic acids is 1. The average molecular weight is 237 g/mol. The molecule has 14 heavy (non-hydrogen) atoms.